The molecule has 0 bridgehead atoms. The van der Waals surface area contributed by atoms with Gasteiger partial charge in [0.1, 0.15) is 5.65 Å². The molecule has 5 rings (SSSR count). The summed E-state index contributed by atoms with van der Waals surface area (Å²) >= 11 is 0. The van der Waals surface area contributed by atoms with Gasteiger partial charge in [0.05, 0.1) is 5.39 Å². The number of halogens is 1. The van der Waals surface area contributed by atoms with Crippen molar-refractivity contribution in [3.05, 3.63) is 88.3 Å². The first-order chi connectivity index (χ1) is 16.1. The van der Waals surface area contributed by atoms with Gasteiger partial charge in [0.15, 0.2) is 5.69 Å². The van der Waals surface area contributed by atoms with Crippen molar-refractivity contribution in [3.8, 4) is 11.1 Å². The molecule has 0 atom stereocenters. The Balaban J connectivity index is 0.00000274. The van der Waals surface area contributed by atoms with E-state index in [0.29, 0.717) is 16.7 Å². The normalized spacial score (nSPS) is 14.6. The fourth-order valence-electron chi connectivity index (χ4n) is 4.51. The third kappa shape index (κ3) is 5.05. The first-order valence-corrected chi connectivity index (χ1v) is 11.3. The SMILES string of the molecule is Cl.Cn1nc(C(=O)NC2CCN(Cc3ccc(-c4ccccc4)cc3)CC2)c2ccc(=O)[nH]c21. The highest BCUT2D eigenvalue weighted by Gasteiger charge is 2.24. The smallest absolute Gasteiger partial charge is 0.272 e. The molecule has 1 saturated heterocycles. The molecule has 3 heterocycles. The Morgan fingerprint density at radius 2 is 1.68 bits per heavy atom. The highest BCUT2D eigenvalue weighted by Crippen LogP contribution is 2.21. The maximum atomic E-state index is 12.9. The number of H-pyrrole nitrogens is 1. The summed E-state index contributed by atoms with van der Waals surface area (Å²) in [7, 11) is 1.72. The van der Waals surface area contributed by atoms with Crippen LogP contribution >= 0.6 is 12.4 Å². The van der Waals surface area contributed by atoms with Gasteiger partial charge in [0.25, 0.3) is 5.91 Å². The molecule has 7 nitrogen and oxygen atoms in total. The maximum absolute atomic E-state index is 12.9. The number of aryl methyl sites for hydroxylation is 1. The number of fused-ring (bicyclic) bond motifs is 1. The van der Waals surface area contributed by atoms with Gasteiger partial charge in [-0.3, -0.25) is 19.2 Å². The molecule has 2 N–H and O–H groups in total. The number of nitrogens with zero attached hydrogens (tertiary/aromatic N) is 3. The lowest BCUT2D eigenvalue weighted by molar-refractivity contribution is 0.0904. The Kier molecular flexibility index (Phi) is 7.14. The number of carbonyl (C=O) groups excluding carboxylic acids is 1. The van der Waals surface area contributed by atoms with Gasteiger partial charge in [-0.05, 0) is 35.6 Å². The molecular weight excluding hydrogens is 450 g/mol. The summed E-state index contributed by atoms with van der Waals surface area (Å²) in [4.78, 5) is 29.6. The van der Waals surface area contributed by atoms with E-state index in [1.54, 1.807) is 13.1 Å². The van der Waals surface area contributed by atoms with E-state index in [1.165, 1.54) is 27.4 Å². The van der Waals surface area contributed by atoms with E-state index in [2.05, 4.69) is 68.8 Å². The zero-order valence-corrected chi connectivity index (χ0v) is 19.8. The number of nitrogens with one attached hydrogen (secondary N) is 2. The summed E-state index contributed by atoms with van der Waals surface area (Å²) in [5.74, 6) is -0.192. The van der Waals surface area contributed by atoms with E-state index in [1.807, 2.05) is 6.07 Å². The largest absolute Gasteiger partial charge is 0.348 e. The number of rotatable bonds is 5. The fraction of sp³-hybridized carbons (Fsp3) is 0.269. The van der Waals surface area contributed by atoms with Crippen molar-refractivity contribution in [1.82, 2.24) is 25.0 Å². The molecular formula is C26H28ClN5O2. The third-order valence-electron chi connectivity index (χ3n) is 6.33. The highest BCUT2D eigenvalue weighted by molar-refractivity contribution is 6.04. The number of amides is 1. The van der Waals surface area contributed by atoms with Crippen LogP contribution in [0.25, 0.3) is 22.2 Å². The maximum Gasteiger partial charge on any atom is 0.272 e. The zero-order valence-electron chi connectivity index (χ0n) is 19.0. The topological polar surface area (TPSA) is 83.0 Å². The number of aromatic nitrogens is 3. The number of benzene rings is 2. The van der Waals surface area contributed by atoms with Crippen molar-refractivity contribution < 1.29 is 4.79 Å². The minimum Gasteiger partial charge on any atom is -0.348 e. The molecule has 1 amide bonds. The average molecular weight is 478 g/mol. The quantitative estimate of drug-likeness (QED) is 0.458. The Hall–Kier alpha value is -3.42. The van der Waals surface area contributed by atoms with Crippen molar-refractivity contribution >= 4 is 29.3 Å². The van der Waals surface area contributed by atoms with Gasteiger partial charge in [-0.1, -0.05) is 54.6 Å². The Morgan fingerprint density at radius 3 is 2.38 bits per heavy atom. The molecule has 0 spiro atoms. The number of hydrogen-bond donors (Lipinski definition) is 2. The zero-order chi connectivity index (χ0) is 22.8. The van der Waals surface area contributed by atoms with E-state index in [-0.39, 0.29) is 29.9 Å². The summed E-state index contributed by atoms with van der Waals surface area (Å²) in [6, 6.07) is 22.4. The van der Waals surface area contributed by atoms with Gasteiger partial charge in [0.2, 0.25) is 5.56 Å². The van der Waals surface area contributed by atoms with Crippen molar-refractivity contribution in [2.24, 2.45) is 7.05 Å². The molecule has 1 aliphatic heterocycles. The van der Waals surface area contributed by atoms with Gasteiger partial charge in [-0.15, -0.1) is 12.4 Å². The molecule has 0 saturated carbocycles. The third-order valence-corrected chi connectivity index (χ3v) is 6.33. The monoisotopic (exact) mass is 477 g/mol. The van der Waals surface area contributed by atoms with Crippen LogP contribution < -0.4 is 10.9 Å². The Morgan fingerprint density at radius 1 is 1.00 bits per heavy atom. The lowest BCUT2D eigenvalue weighted by atomic mass is 10.0. The summed E-state index contributed by atoms with van der Waals surface area (Å²) in [5, 5.41) is 8.11. The highest BCUT2D eigenvalue weighted by atomic mass is 35.5. The summed E-state index contributed by atoms with van der Waals surface area (Å²) < 4.78 is 1.54. The Bertz CT molecular complexity index is 1320. The van der Waals surface area contributed by atoms with Crippen LogP contribution in [0.4, 0.5) is 0 Å². The summed E-state index contributed by atoms with van der Waals surface area (Å²) in [6.07, 6.45) is 1.80. The first kappa shape index (κ1) is 23.7. The fourth-order valence-corrected chi connectivity index (χ4v) is 4.51. The summed E-state index contributed by atoms with van der Waals surface area (Å²) in [5.41, 5.74) is 4.45. The van der Waals surface area contributed by atoms with Gasteiger partial charge >= 0.3 is 0 Å². The second-order valence-electron chi connectivity index (χ2n) is 8.64. The molecule has 1 aliphatic rings. The first-order valence-electron chi connectivity index (χ1n) is 11.3. The lowest BCUT2D eigenvalue weighted by Gasteiger charge is -2.32. The second-order valence-corrected chi connectivity index (χ2v) is 8.64. The van der Waals surface area contributed by atoms with E-state index in [9.17, 15) is 9.59 Å². The molecule has 2 aromatic heterocycles. The molecule has 2 aromatic carbocycles. The van der Waals surface area contributed by atoms with Gasteiger partial charge in [-0.25, -0.2) is 0 Å². The van der Waals surface area contributed by atoms with Crippen LogP contribution in [0.1, 0.15) is 28.9 Å². The molecule has 8 heteroatoms. The molecule has 34 heavy (non-hydrogen) atoms. The van der Waals surface area contributed by atoms with E-state index < -0.39 is 0 Å². The number of likely N-dealkylation sites (tertiary alicyclic amines) is 1. The van der Waals surface area contributed by atoms with E-state index >= 15 is 0 Å². The number of carbonyl (C=O) groups is 1. The molecule has 0 unspecified atom stereocenters. The standard InChI is InChI=1S/C26H27N5O2.ClH/c1-30-25-22(11-12-23(32)28-25)24(29-30)26(33)27-21-13-15-31(16-14-21)17-18-7-9-20(10-8-18)19-5-3-2-4-6-19;/h2-12,21H,13-17H2,1H3,(H,27,33)(H,28,32);1H. The second kappa shape index (κ2) is 10.2. The van der Waals surface area contributed by atoms with Crippen molar-refractivity contribution in [1.29, 1.82) is 0 Å². The minimum absolute atomic E-state index is 0. The van der Waals surface area contributed by atoms with Gasteiger partial charge in [0, 0.05) is 38.8 Å². The molecule has 1 fully saturated rings. The van der Waals surface area contributed by atoms with Crippen molar-refractivity contribution in [2.45, 2.75) is 25.4 Å². The van der Waals surface area contributed by atoms with Crippen LogP contribution in [0.5, 0.6) is 0 Å². The van der Waals surface area contributed by atoms with Crippen LogP contribution in [0.15, 0.2) is 71.5 Å². The van der Waals surface area contributed by atoms with Crippen LogP contribution in [0.3, 0.4) is 0 Å². The molecule has 0 radical (unpaired) electrons. The summed E-state index contributed by atoms with van der Waals surface area (Å²) in [6.45, 7) is 2.78. The number of pyridine rings is 1. The number of piperidine rings is 1. The Labute approximate surface area is 204 Å². The van der Waals surface area contributed by atoms with Crippen LogP contribution in [0, 0.1) is 0 Å². The molecule has 4 aromatic rings. The predicted octanol–water partition coefficient (Wildman–Crippen LogP) is 3.74. The van der Waals surface area contributed by atoms with Gasteiger partial charge in [-0.2, -0.15) is 5.10 Å². The predicted molar refractivity (Wildman–Crippen MR) is 136 cm³/mol. The van der Waals surface area contributed by atoms with Crippen LogP contribution in [-0.4, -0.2) is 44.7 Å². The lowest BCUT2D eigenvalue weighted by Crippen LogP contribution is -2.44. The minimum atomic E-state index is -0.209. The van der Waals surface area contributed by atoms with Crippen LogP contribution in [0.2, 0.25) is 0 Å². The average Bonchev–Trinajstić information content (AvgIpc) is 3.17. The van der Waals surface area contributed by atoms with Gasteiger partial charge < -0.3 is 10.3 Å². The van der Waals surface area contributed by atoms with Crippen molar-refractivity contribution in [3.63, 3.8) is 0 Å². The van der Waals surface area contributed by atoms with Crippen molar-refractivity contribution in [2.75, 3.05) is 13.1 Å². The van der Waals surface area contributed by atoms with E-state index in [0.717, 1.165) is 32.5 Å². The molecule has 176 valence electrons. The van der Waals surface area contributed by atoms with E-state index in [4.69, 9.17) is 0 Å². The molecule has 0 aliphatic carbocycles. The number of aromatic amines is 1. The van der Waals surface area contributed by atoms with Crippen LogP contribution in [-0.2, 0) is 13.6 Å². The number of hydrogen-bond acceptors (Lipinski definition) is 4.